The number of nitrogens with one attached hydrogen (secondary N) is 2. The second-order valence-electron chi connectivity index (χ2n) is 20.2. The van der Waals surface area contributed by atoms with Crippen molar-refractivity contribution in [1.82, 2.24) is 30.2 Å². The summed E-state index contributed by atoms with van der Waals surface area (Å²) in [5.41, 5.74) is 7.80. The summed E-state index contributed by atoms with van der Waals surface area (Å²) in [7, 11) is 3.19. The lowest BCUT2D eigenvalue weighted by Crippen LogP contribution is -2.49. The largest absolute Gasteiger partial charge is 0.494 e. The molecule has 1 aromatic heterocycles. The molecule has 5 aromatic rings. The number of aryl methyl sites for hydroxylation is 1. The first kappa shape index (κ1) is 48.5. The number of imide groups is 1. The molecule has 14 nitrogen and oxygen atoms in total. The summed E-state index contributed by atoms with van der Waals surface area (Å²) < 4.78 is 46.0. The average molecular weight is 992 g/mol. The number of primary amides is 1. The van der Waals surface area contributed by atoms with Gasteiger partial charge in [0.25, 0.3) is 0 Å². The maximum Gasteiger partial charge on any atom is 0.329 e. The van der Waals surface area contributed by atoms with E-state index in [1.54, 1.807) is 4.90 Å². The molecule has 5 heterocycles. The number of urea groups is 1. The zero-order valence-corrected chi connectivity index (χ0v) is 41.2. The van der Waals surface area contributed by atoms with E-state index in [-0.39, 0.29) is 63.4 Å². The fraction of sp³-hybridized carbons (Fsp3) is 0.463. The molecule has 4 aromatic carbocycles. The molecule has 374 valence electrons. The van der Waals surface area contributed by atoms with Crippen LogP contribution in [0.1, 0.15) is 104 Å². The van der Waals surface area contributed by atoms with Crippen molar-refractivity contribution in [2.75, 3.05) is 57.8 Å². The van der Waals surface area contributed by atoms with Gasteiger partial charge >= 0.3 is 6.03 Å². The molecule has 10 rings (SSSR count). The van der Waals surface area contributed by atoms with Gasteiger partial charge in [0.2, 0.25) is 17.7 Å². The van der Waals surface area contributed by atoms with Crippen molar-refractivity contribution in [3.63, 3.8) is 0 Å². The summed E-state index contributed by atoms with van der Waals surface area (Å²) in [6, 6.07) is 19.6. The molecule has 5 amide bonds. The Labute approximate surface area is 417 Å². The van der Waals surface area contributed by atoms with Gasteiger partial charge in [-0.1, -0.05) is 54.9 Å². The number of hydrogen-bond donors (Lipinski definition) is 3. The molecule has 4 N–H and O–H groups in total. The van der Waals surface area contributed by atoms with Crippen LogP contribution < -0.4 is 30.7 Å². The number of ether oxygens (including phenoxy) is 2. The second kappa shape index (κ2) is 19.8. The number of fused-ring (bicyclic) bond motifs is 2. The van der Waals surface area contributed by atoms with Crippen LogP contribution in [-0.2, 0) is 22.2 Å². The number of hydrogen-bond acceptors (Lipinski definition) is 9. The number of carbonyl (C=O) groups excluding carboxylic acids is 4. The molecule has 1 saturated carbocycles. The number of anilines is 1. The molecule has 1 aliphatic carbocycles. The van der Waals surface area contributed by atoms with Gasteiger partial charge < -0.3 is 30.3 Å². The van der Waals surface area contributed by atoms with Crippen molar-refractivity contribution >= 4 is 52.1 Å². The van der Waals surface area contributed by atoms with Gasteiger partial charge in [-0.3, -0.25) is 29.3 Å². The summed E-state index contributed by atoms with van der Waals surface area (Å²) in [5.74, 6) is -1.72. The molecule has 0 radical (unpaired) electrons. The SMILES string of the molecule is COc1ccc(C(N)=O)c(-c2c(Cl)c(F)cc3c2C(C)C(CNC2CCC(C(=O)N4CCCC(CN5CCC(c6ccc7c(N8CCC(=O)NC8=O)nn(C)c7c6)CC5)C4)CC2)(c2ccccc2)O3)c1F. The number of benzene rings is 4. The van der Waals surface area contributed by atoms with Crippen LogP contribution in [0.4, 0.5) is 19.4 Å². The lowest BCUT2D eigenvalue weighted by molar-refractivity contribution is -0.138. The number of aromatic nitrogens is 2. The highest BCUT2D eigenvalue weighted by Crippen LogP contribution is 2.56. The standard InChI is InChI=1S/C54H61ClF2N8O6/c1-31-45-43(27-40(56)48(55)47(45)46-39(50(58)67)17-18-42(70-3)49(46)57)71-54(31,36-9-5-4-6-10-36)30-59-37-14-11-34(12-15-37)52(68)64-22-7-8-32(29-64)28-63-23-19-33(20-24-63)35-13-16-38-41(26-35)62(2)61-51(38)65-25-21-44(66)60-53(65)69/h4-6,9-10,13,16-18,26-27,31-34,37,59H,7-8,11-12,14-15,19-25,28-30H2,1-3H3,(H2,58,67)(H,60,66,69). The van der Waals surface area contributed by atoms with Crippen molar-refractivity contribution in [1.29, 1.82) is 0 Å². The Balaban J connectivity index is 0.752. The number of amides is 5. The van der Waals surface area contributed by atoms with Gasteiger partial charge in [-0.05, 0) is 112 Å². The first-order valence-corrected chi connectivity index (χ1v) is 25.4. The Morgan fingerprint density at radius 2 is 1.72 bits per heavy atom. The van der Waals surface area contributed by atoms with Crippen molar-refractivity contribution in [3.05, 3.63) is 106 Å². The van der Waals surface area contributed by atoms with Crippen LogP contribution in [0, 0.1) is 23.5 Å². The molecular weight excluding hydrogens is 930 g/mol. The number of nitrogens with zero attached hydrogens (tertiary/aromatic N) is 5. The fourth-order valence-electron chi connectivity index (χ4n) is 12.2. The van der Waals surface area contributed by atoms with Crippen LogP contribution in [0.5, 0.6) is 11.5 Å². The zero-order chi connectivity index (χ0) is 49.7. The molecule has 3 atom stereocenters. The van der Waals surface area contributed by atoms with Gasteiger partial charge in [-0.15, -0.1) is 0 Å². The average Bonchev–Trinajstić information content (AvgIpc) is 3.85. The molecule has 3 unspecified atom stereocenters. The molecule has 5 aliphatic rings. The Morgan fingerprint density at radius 1 is 0.958 bits per heavy atom. The predicted octanol–water partition coefficient (Wildman–Crippen LogP) is 8.38. The molecule has 71 heavy (non-hydrogen) atoms. The quantitative estimate of drug-likeness (QED) is 0.111. The molecule has 3 saturated heterocycles. The first-order valence-electron chi connectivity index (χ1n) is 25.0. The van der Waals surface area contributed by atoms with Gasteiger partial charge in [-0.2, -0.15) is 5.10 Å². The van der Waals surface area contributed by atoms with Gasteiger partial charge in [0, 0.05) is 92.2 Å². The Kier molecular flexibility index (Phi) is 13.6. The molecular formula is C54H61ClF2N8O6. The van der Waals surface area contributed by atoms with Crippen LogP contribution in [-0.4, -0.2) is 102 Å². The van der Waals surface area contributed by atoms with Crippen molar-refractivity contribution in [2.24, 2.45) is 24.6 Å². The smallest absolute Gasteiger partial charge is 0.329 e. The van der Waals surface area contributed by atoms with E-state index < -0.39 is 35.1 Å². The van der Waals surface area contributed by atoms with Crippen molar-refractivity contribution in [3.8, 4) is 22.6 Å². The third-order valence-electron chi connectivity index (χ3n) is 16.1. The minimum atomic E-state index is -1.07. The predicted molar refractivity (Wildman–Crippen MR) is 267 cm³/mol. The number of rotatable bonds is 12. The van der Waals surface area contributed by atoms with Crippen LogP contribution in [0.15, 0.2) is 66.7 Å². The number of methoxy groups -OCH3 is 1. The summed E-state index contributed by atoms with van der Waals surface area (Å²) in [6.45, 7) is 7.11. The number of piperidine rings is 2. The van der Waals surface area contributed by atoms with Crippen LogP contribution in [0.25, 0.3) is 22.0 Å². The highest BCUT2D eigenvalue weighted by molar-refractivity contribution is 6.34. The third-order valence-corrected chi connectivity index (χ3v) is 16.4. The van der Waals surface area contributed by atoms with Gasteiger partial charge in [0.1, 0.15) is 11.6 Å². The lowest BCUT2D eigenvalue weighted by Gasteiger charge is -2.40. The highest BCUT2D eigenvalue weighted by atomic mass is 35.5. The Hall–Kier alpha value is -6.10. The van der Waals surface area contributed by atoms with E-state index in [9.17, 15) is 19.2 Å². The van der Waals surface area contributed by atoms with Gasteiger partial charge in [-0.25, -0.2) is 13.6 Å². The normalized spacial score (nSPS) is 24.2. The summed E-state index contributed by atoms with van der Waals surface area (Å²) in [5, 5.41) is 11.4. The lowest BCUT2D eigenvalue weighted by atomic mass is 9.77. The summed E-state index contributed by atoms with van der Waals surface area (Å²) >= 11 is 6.71. The van der Waals surface area contributed by atoms with Crippen LogP contribution in [0.3, 0.4) is 0 Å². The third kappa shape index (κ3) is 9.11. The second-order valence-corrected chi connectivity index (χ2v) is 20.6. The van der Waals surface area contributed by atoms with E-state index in [0.717, 1.165) is 101 Å². The topological polar surface area (TPSA) is 164 Å². The molecule has 0 spiro atoms. The summed E-state index contributed by atoms with van der Waals surface area (Å²) in [6.07, 6.45) is 7.55. The Bertz CT molecular complexity index is 2880. The number of nitrogens with two attached hydrogens (primary N) is 1. The van der Waals surface area contributed by atoms with E-state index >= 15 is 8.78 Å². The molecule has 0 bridgehead atoms. The van der Waals surface area contributed by atoms with E-state index in [1.165, 1.54) is 30.9 Å². The van der Waals surface area contributed by atoms with E-state index in [4.69, 9.17) is 26.8 Å². The fourth-order valence-corrected chi connectivity index (χ4v) is 12.4. The molecule has 4 fully saturated rings. The monoisotopic (exact) mass is 990 g/mol. The van der Waals surface area contributed by atoms with E-state index in [0.29, 0.717) is 36.3 Å². The van der Waals surface area contributed by atoms with E-state index in [2.05, 4.69) is 43.7 Å². The highest BCUT2D eigenvalue weighted by Gasteiger charge is 2.50. The Morgan fingerprint density at radius 3 is 2.44 bits per heavy atom. The van der Waals surface area contributed by atoms with Crippen molar-refractivity contribution in [2.45, 2.75) is 88.2 Å². The number of likely N-dealkylation sites (tertiary alicyclic amines) is 2. The minimum absolute atomic E-state index is 0.000317. The minimum Gasteiger partial charge on any atom is -0.494 e. The van der Waals surface area contributed by atoms with Crippen molar-refractivity contribution < 1.29 is 37.4 Å². The summed E-state index contributed by atoms with van der Waals surface area (Å²) in [4.78, 5) is 57.4. The first-order chi connectivity index (χ1) is 34.2. The van der Waals surface area contributed by atoms with Crippen LogP contribution >= 0.6 is 11.6 Å². The maximum atomic E-state index is 16.3. The van der Waals surface area contributed by atoms with Gasteiger partial charge in [0.05, 0.1) is 23.2 Å². The number of halogens is 3. The van der Waals surface area contributed by atoms with Crippen LogP contribution in [0.2, 0.25) is 5.02 Å². The molecule has 17 heteroatoms. The number of carbonyl (C=O) groups is 4. The van der Waals surface area contributed by atoms with E-state index in [1.807, 2.05) is 49.0 Å². The molecule has 4 aliphatic heterocycles. The maximum absolute atomic E-state index is 16.3. The van der Waals surface area contributed by atoms with Gasteiger partial charge in [0.15, 0.2) is 23.0 Å². The zero-order valence-electron chi connectivity index (χ0n) is 40.4.